The maximum absolute atomic E-state index is 11.9. The summed E-state index contributed by atoms with van der Waals surface area (Å²) in [4.78, 5) is 22.6. The van der Waals surface area contributed by atoms with Gasteiger partial charge in [0.05, 0.1) is 24.5 Å². The number of rotatable bonds is 2. The van der Waals surface area contributed by atoms with Gasteiger partial charge in [-0.05, 0) is 24.6 Å². The van der Waals surface area contributed by atoms with E-state index in [1.165, 1.54) is 0 Å². The van der Waals surface area contributed by atoms with Gasteiger partial charge in [0, 0.05) is 23.6 Å². The van der Waals surface area contributed by atoms with Crippen LogP contribution in [-0.4, -0.2) is 41.7 Å². The Labute approximate surface area is 159 Å². The van der Waals surface area contributed by atoms with Crippen LogP contribution in [0.1, 0.15) is 24.4 Å². The first-order valence-corrected chi connectivity index (χ1v) is 9.09. The smallest absolute Gasteiger partial charge is 0.223 e. The maximum atomic E-state index is 11.9. The highest BCUT2D eigenvalue weighted by Gasteiger charge is 2.27. The quantitative estimate of drug-likeness (QED) is 0.529. The summed E-state index contributed by atoms with van der Waals surface area (Å²) in [7, 11) is 0. The maximum Gasteiger partial charge on any atom is 0.223 e. The Hall–Kier alpha value is -2.38. The first-order chi connectivity index (χ1) is 12.6. The molecule has 1 aromatic carbocycles. The molecule has 0 unspecified atom stereocenters. The molecule has 132 valence electrons. The van der Waals surface area contributed by atoms with Gasteiger partial charge in [-0.25, -0.2) is 14.6 Å². The number of fused-ring (bicyclic) bond motifs is 5. The lowest BCUT2D eigenvalue weighted by molar-refractivity contribution is -0.128. The minimum atomic E-state index is 0.152. The van der Waals surface area contributed by atoms with Crippen molar-refractivity contribution in [1.82, 2.24) is 29.2 Å². The number of nitrogens with zero attached hydrogens (tertiary/aromatic N) is 6. The van der Waals surface area contributed by atoms with Gasteiger partial charge in [0.15, 0.2) is 16.8 Å². The van der Waals surface area contributed by atoms with Crippen LogP contribution in [0.3, 0.4) is 0 Å². The van der Waals surface area contributed by atoms with Crippen molar-refractivity contribution in [3.8, 4) is 17.1 Å². The summed E-state index contributed by atoms with van der Waals surface area (Å²) in [5.74, 6) is 1.48. The third-order valence-electron chi connectivity index (χ3n) is 4.79. The molecule has 0 saturated carbocycles. The Bertz CT molecular complexity index is 1040. The van der Waals surface area contributed by atoms with Crippen LogP contribution in [0.2, 0.25) is 10.2 Å². The van der Waals surface area contributed by atoms with E-state index >= 15 is 0 Å². The zero-order valence-electron chi connectivity index (χ0n) is 13.7. The van der Waals surface area contributed by atoms with Gasteiger partial charge in [-0.1, -0.05) is 23.2 Å². The molecule has 0 aliphatic carbocycles. The second kappa shape index (κ2) is 5.82. The fourth-order valence-corrected chi connectivity index (χ4v) is 3.91. The minimum Gasteiger partial charge on any atom is -0.335 e. The highest BCUT2D eigenvalue weighted by molar-refractivity contribution is 6.31. The number of carbonyl (C=O) groups excluding carboxylic acids is 1. The number of aromatic nitrogens is 5. The Morgan fingerprint density at radius 2 is 2.12 bits per heavy atom. The van der Waals surface area contributed by atoms with E-state index in [4.69, 9.17) is 28.2 Å². The van der Waals surface area contributed by atoms with E-state index in [0.717, 1.165) is 29.9 Å². The second-order valence-corrected chi connectivity index (χ2v) is 7.24. The van der Waals surface area contributed by atoms with Crippen LogP contribution in [-0.2, 0) is 17.9 Å². The first kappa shape index (κ1) is 15.8. The Kier molecular flexibility index (Phi) is 3.55. The van der Waals surface area contributed by atoms with E-state index in [9.17, 15) is 4.79 Å². The van der Waals surface area contributed by atoms with E-state index in [1.807, 2.05) is 22.8 Å². The number of amides is 1. The van der Waals surface area contributed by atoms with Crippen LogP contribution in [0, 0.1) is 0 Å². The van der Waals surface area contributed by atoms with Crippen molar-refractivity contribution < 1.29 is 4.79 Å². The van der Waals surface area contributed by atoms with Crippen molar-refractivity contribution in [2.75, 3.05) is 6.54 Å². The van der Waals surface area contributed by atoms with Crippen LogP contribution in [0.25, 0.3) is 17.1 Å². The highest BCUT2D eigenvalue weighted by Crippen LogP contribution is 2.34. The van der Waals surface area contributed by atoms with Gasteiger partial charge in [0.1, 0.15) is 6.33 Å². The van der Waals surface area contributed by atoms with Gasteiger partial charge < -0.3 is 4.90 Å². The minimum absolute atomic E-state index is 0.152. The monoisotopic (exact) mass is 388 g/mol. The van der Waals surface area contributed by atoms with Crippen molar-refractivity contribution >= 4 is 29.1 Å². The molecule has 0 bridgehead atoms. The summed E-state index contributed by atoms with van der Waals surface area (Å²) in [6.07, 6.45) is 3.18. The normalized spacial score (nSPS) is 15.6. The van der Waals surface area contributed by atoms with Crippen LogP contribution in [0.15, 0.2) is 24.5 Å². The molecule has 0 spiro atoms. The summed E-state index contributed by atoms with van der Waals surface area (Å²) in [5.41, 5.74) is 2.60. The molecule has 26 heavy (non-hydrogen) atoms. The fraction of sp³-hybridized carbons (Fsp3) is 0.294. The van der Waals surface area contributed by atoms with Crippen LogP contribution < -0.4 is 0 Å². The molecule has 2 aliphatic rings. The zero-order chi connectivity index (χ0) is 17.8. The van der Waals surface area contributed by atoms with Gasteiger partial charge in [0.2, 0.25) is 5.91 Å². The average molecular weight is 389 g/mol. The topological polar surface area (TPSA) is 68.8 Å². The summed E-state index contributed by atoms with van der Waals surface area (Å²) in [6, 6.07) is 5.62. The van der Waals surface area contributed by atoms with Crippen LogP contribution in [0.4, 0.5) is 0 Å². The summed E-state index contributed by atoms with van der Waals surface area (Å²) >= 11 is 12.5. The molecule has 1 amide bonds. The molecule has 2 aliphatic heterocycles. The molecule has 2 aromatic heterocycles. The van der Waals surface area contributed by atoms with Gasteiger partial charge in [-0.3, -0.25) is 9.36 Å². The summed E-state index contributed by atoms with van der Waals surface area (Å²) < 4.78 is 3.74. The van der Waals surface area contributed by atoms with Crippen LogP contribution >= 0.6 is 23.2 Å². The summed E-state index contributed by atoms with van der Waals surface area (Å²) in [5, 5.41) is 5.68. The molecule has 9 heteroatoms. The van der Waals surface area contributed by atoms with E-state index in [2.05, 4.69) is 10.1 Å². The third kappa shape index (κ3) is 2.42. The Morgan fingerprint density at radius 3 is 2.92 bits per heavy atom. The number of likely N-dealkylation sites (tertiary alicyclic amines) is 1. The molecule has 0 radical (unpaired) electrons. The molecule has 1 fully saturated rings. The van der Waals surface area contributed by atoms with E-state index in [-0.39, 0.29) is 5.91 Å². The lowest BCUT2D eigenvalue weighted by Gasteiger charge is -2.12. The molecule has 0 N–H and O–H groups in total. The standard InChI is InChI=1S/C17H14Cl2N6O/c18-10-3-4-12-11(6-10)17-21-14(8-23-5-1-2-15(23)26)22-25(17)7-13-16(19)20-9-24(12)13/h3-4,6,9H,1-2,5,7-8H2. The van der Waals surface area contributed by atoms with E-state index in [0.29, 0.717) is 41.3 Å². The lowest BCUT2D eigenvalue weighted by atomic mass is 10.1. The van der Waals surface area contributed by atoms with E-state index in [1.54, 1.807) is 15.9 Å². The molecule has 1 saturated heterocycles. The van der Waals surface area contributed by atoms with Crippen LogP contribution in [0.5, 0.6) is 0 Å². The lowest BCUT2D eigenvalue weighted by Crippen LogP contribution is -2.24. The van der Waals surface area contributed by atoms with Crippen molar-refractivity contribution in [3.05, 3.63) is 46.2 Å². The molecule has 7 nitrogen and oxygen atoms in total. The van der Waals surface area contributed by atoms with Crippen molar-refractivity contribution in [3.63, 3.8) is 0 Å². The molecule has 4 heterocycles. The van der Waals surface area contributed by atoms with Gasteiger partial charge in [0.25, 0.3) is 0 Å². The number of carbonyl (C=O) groups is 1. The zero-order valence-corrected chi connectivity index (χ0v) is 15.2. The van der Waals surface area contributed by atoms with Crippen molar-refractivity contribution in [2.45, 2.75) is 25.9 Å². The molecular weight excluding hydrogens is 375 g/mol. The summed E-state index contributed by atoms with van der Waals surface area (Å²) in [6.45, 7) is 1.62. The molecular formula is C17H14Cl2N6O. The Morgan fingerprint density at radius 1 is 1.23 bits per heavy atom. The molecule has 0 atom stereocenters. The van der Waals surface area contributed by atoms with E-state index < -0.39 is 0 Å². The fourth-order valence-electron chi connectivity index (χ4n) is 3.55. The predicted octanol–water partition coefficient (Wildman–Crippen LogP) is 2.92. The first-order valence-electron chi connectivity index (χ1n) is 8.33. The van der Waals surface area contributed by atoms with Crippen molar-refractivity contribution in [2.24, 2.45) is 0 Å². The SMILES string of the molecule is O=C1CCCN1Cc1nc2n(n1)Cc1c(Cl)ncn1-c1ccc(Cl)cc1-2. The average Bonchev–Trinajstić information content (AvgIpc) is 3.28. The second-order valence-electron chi connectivity index (χ2n) is 6.44. The number of halogens is 2. The van der Waals surface area contributed by atoms with Crippen molar-refractivity contribution in [1.29, 1.82) is 0 Å². The van der Waals surface area contributed by atoms with Gasteiger partial charge >= 0.3 is 0 Å². The number of benzene rings is 1. The number of hydrogen-bond donors (Lipinski definition) is 0. The number of hydrogen-bond acceptors (Lipinski definition) is 4. The van der Waals surface area contributed by atoms with Gasteiger partial charge in [-0.15, -0.1) is 0 Å². The largest absolute Gasteiger partial charge is 0.335 e. The highest BCUT2D eigenvalue weighted by atomic mass is 35.5. The predicted molar refractivity (Wildman–Crippen MR) is 96.4 cm³/mol. The molecule has 3 aromatic rings. The number of imidazole rings is 1. The molecule has 5 rings (SSSR count). The Balaban J connectivity index is 1.64. The van der Waals surface area contributed by atoms with Gasteiger partial charge in [-0.2, -0.15) is 5.10 Å². The third-order valence-corrected chi connectivity index (χ3v) is 5.34.